The summed E-state index contributed by atoms with van der Waals surface area (Å²) in [4.78, 5) is 52.7. The van der Waals surface area contributed by atoms with Gasteiger partial charge in [-0.1, -0.05) is 29.3 Å². The molecule has 1 aliphatic rings. The van der Waals surface area contributed by atoms with Gasteiger partial charge in [0.1, 0.15) is 5.75 Å². The normalized spacial score (nSPS) is 12.6. The Morgan fingerprint density at radius 3 is 2.30 bits per heavy atom. The molecule has 0 aromatic heterocycles. The Labute approximate surface area is 154 Å². The first-order chi connectivity index (χ1) is 13.0. The number of amides is 3. The van der Waals surface area contributed by atoms with Crippen LogP contribution in [0.5, 0.6) is 5.75 Å². The molecule has 0 saturated carbocycles. The van der Waals surface area contributed by atoms with E-state index in [2.05, 4.69) is 5.32 Å². The van der Waals surface area contributed by atoms with Gasteiger partial charge in [0.2, 0.25) is 0 Å². The number of hydrogen-bond donors (Lipinski definition) is 1. The van der Waals surface area contributed by atoms with Crippen molar-refractivity contribution in [3.63, 3.8) is 0 Å². The smallest absolute Gasteiger partial charge is 0.337 e. The number of likely N-dealkylation sites (N-methyl/N-ethyl adjacent to an activating group) is 1. The van der Waals surface area contributed by atoms with Crippen molar-refractivity contribution in [3.05, 3.63) is 65.2 Å². The lowest BCUT2D eigenvalue weighted by Crippen LogP contribution is -2.33. The molecular formula is C19H16N2O6. The minimum absolute atomic E-state index is 0.153. The van der Waals surface area contributed by atoms with Crippen LogP contribution in [0, 0.1) is 0 Å². The molecule has 1 heterocycles. The van der Waals surface area contributed by atoms with Gasteiger partial charge >= 0.3 is 5.97 Å². The Morgan fingerprint density at radius 1 is 1.00 bits per heavy atom. The number of carbonyl (C=O) groups excluding carboxylic acids is 4. The Kier molecular flexibility index (Phi) is 5.16. The van der Waals surface area contributed by atoms with Gasteiger partial charge in [-0.3, -0.25) is 14.4 Å². The van der Waals surface area contributed by atoms with Gasteiger partial charge in [-0.25, -0.2) is 4.79 Å². The van der Waals surface area contributed by atoms with E-state index < -0.39 is 17.8 Å². The van der Waals surface area contributed by atoms with Crippen LogP contribution in [0.1, 0.15) is 26.3 Å². The number of hydroxylamine groups is 2. The third kappa shape index (κ3) is 3.95. The van der Waals surface area contributed by atoms with Crippen LogP contribution in [-0.4, -0.2) is 42.4 Å². The molecule has 3 rings (SSSR count). The first-order valence-electron chi connectivity index (χ1n) is 8.10. The summed E-state index contributed by atoms with van der Waals surface area (Å²) in [7, 11) is 1.50. The zero-order chi connectivity index (χ0) is 19.4. The summed E-state index contributed by atoms with van der Waals surface area (Å²) in [5.41, 5.74) is 0.936. The van der Waals surface area contributed by atoms with Gasteiger partial charge in [-0.15, -0.1) is 0 Å². The molecule has 3 amide bonds. The largest absolute Gasteiger partial charge is 0.484 e. The van der Waals surface area contributed by atoms with Gasteiger partial charge in [0, 0.05) is 7.05 Å². The van der Waals surface area contributed by atoms with Crippen LogP contribution in [-0.2, 0) is 20.8 Å². The SMILES string of the molecule is CNC(=O)COc1cccc(CC(=O)ON2C(=O)c3ccccc3C2=O)c1. The van der Waals surface area contributed by atoms with Crippen LogP contribution in [0.25, 0.3) is 0 Å². The average molecular weight is 368 g/mol. The van der Waals surface area contributed by atoms with Crippen molar-refractivity contribution in [2.45, 2.75) is 6.42 Å². The van der Waals surface area contributed by atoms with E-state index in [0.717, 1.165) is 0 Å². The molecule has 8 heteroatoms. The molecule has 27 heavy (non-hydrogen) atoms. The van der Waals surface area contributed by atoms with Gasteiger partial charge in [-0.05, 0) is 29.8 Å². The Hall–Kier alpha value is -3.68. The van der Waals surface area contributed by atoms with Gasteiger partial charge in [0.05, 0.1) is 17.5 Å². The molecule has 2 aromatic carbocycles. The van der Waals surface area contributed by atoms with Gasteiger partial charge in [-0.2, -0.15) is 0 Å². The third-order valence-corrected chi connectivity index (χ3v) is 3.85. The number of rotatable bonds is 6. The van der Waals surface area contributed by atoms with Crippen LogP contribution >= 0.6 is 0 Å². The summed E-state index contributed by atoms with van der Waals surface area (Å²) < 4.78 is 5.31. The molecule has 0 spiro atoms. The highest BCUT2D eigenvalue weighted by atomic mass is 16.7. The lowest BCUT2D eigenvalue weighted by atomic mass is 10.1. The summed E-state index contributed by atoms with van der Waals surface area (Å²) in [6.45, 7) is -0.153. The number of ether oxygens (including phenoxy) is 1. The molecule has 0 bridgehead atoms. The zero-order valence-electron chi connectivity index (χ0n) is 14.4. The van der Waals surface area contributed by atoms with Crippen LogP contribution in [0.15, 0.2) is 48.5 Å². The second kappa shape index (κ2) is 7.69. The number of nitrogens with zero attached hydrogens (tertiary/aromatic N) is 1. The Bertz CT molecular complexity index is 889. The fourth-order valence-corrected chi connectivity index (χ4v) is 2.52. The monoisotopic (exact) mass is 368 g/mol. The summed E-state index contributed by atoms with van der Waals surface area (Å²) >= 11 is 0. The number of imide groups is 1. The van der Waals surface area contributed by atoms with Crippen molar-refractivity contribution >= 4 is 23.7 Å². The number of carbonyl (C=O) groups is 4. The topological polar surface area (TPSA) is 102 Å². The number of hydrogen-bond acceptors (Lipinski definition) is 6. The Morgan fingerprint density at radius 2 is 1.67 bits per heavy atom. The molecule has 1 aliphatic heterocycles. The predicted molar refractivity (Wildman–Crippen MR) is 92.7 cm³/mol. The molecule has 138 valence electrons. The first-order valence-corrected chi connectivity index (χ1v) is 8.10. The fourth-order valence-electron chi connectivity index (χ4n) is 2.52. The summed E-state index contributed by atoms with van der Waals surface area (Å²) in [5, 5.41) is 2.90. The number of nitrogens with one attached hydrogen (secondary N) is 1. The quantitative estimate of drug-likeness (QED) is 0.767. The molecule has 0 saturated heterocycles. The number of fused-ring (bicyclic) bond motifs is 1. The maximum atomic E-state index is 12.2. The third-order valence-electron chi connectivity index (χ3n) is 3.85. The van der Waals surface area contributed by atoms with Crippen molar-refractivity contribution in [1.82, 2.24) is 10.4 Å². The summed E-state index contributed by atoms with van der Waals surface area (Å²) in [6.07, 6.45) is -0.176. The van der Waals surface area contributed by atoms with Crippen LogP contribution in [0.4, 0.5) is 0 Å². The van der Waals surface area contributed by atoms with E-state index in [4.69, 9.17) is 9.57 Å². The molecule has 0 fully saturated rings. The minimum atomic E-state index is -0.770. The average Bonchev–Trinajstić information content (AvgIpc) is 2.91. The highest BCUT2D eigenvalue weighted by molar-refractivity contribution is 6.20. The highest BCUT2D eigenvalue weighted by Gasteiger charge is 2.38. The maximum Gasteiger partial charge on any atom is 0.337 e. The van der Waals surface area contributed by atoms with E-state index in [0.29, 0.717) is 16.4 Å². The standard InChI is InChI=1S/C19H16N2O6/c1-20-16(22)11-26-13-6-4-5-12(9-13)10-17(23)27-21-18(24)14-7-2-3-8-15(14)19(21)25/h2-9H,10-11H2,1H3,(H,20,22). The van der Waals surface area contributed by atoms with Crippen molar-refractivity contribution in [2.75, 3.05) is 13.7 Å². The van der Waals surface area contributed by atoms with Crippen LogP contribution in [0.3, 0.4) is 0 Å². The van der Waals surface area contributed by atoms with Gasteiger partial charge < -0.3 is 14.9 Å². The predicted octanol–water partition coefficient (Wildman–Crippen LogP) is 1.11. The zero-order valence-corrected chi connectivity index (χ0v) is 14.4. The maximum absolute atomic E-state index is 12.2. The van der Waals surface area contributed by atoms with Crippen molar-refractivity contribution < 1.29 is 28.8 Å². The minimum Gasteiger partial charge on any atom is -0.484 e. The van der Waals surface area contributed by atoms with Crippen molar-refractivity contribution in [2.24, 2.45) is 0 Å². The van der Waals surface area contributed by atoms with E-state index in [1.165, 1.54) is 19.2 Å². The summed E-state index contributed by atoms with van der Waals surface area (Å²) in [6, 6.07) is 12.8. The van der Waals surface area contributed by atoms with E-state index in [1.807, 2.05) is 0 Å². The molecule has 2 aromatic rings. The molecule has 0 atom stereocenters. The summed E-state index contributed by atoms with van der Waals surface area (Å²) in [5.74, 6) is -2.00. The van der Waals surface area contributed by atoms with Gasteiger partial charge in [0.15, 0.2) is 6.61 Å². The lowest BCUT2D eigenvalue weighted by molar-refractivity contribution is -0.167. The second-order valence-corrected chi connectivity index (χ2v) is 5.70. The molecule has 0 radical (unpaired) electrons. The Balaban J connectivity index is 1.63. The molecule has 1 N–H and O–H groups in total. The molecule has 0 aliphatic carbocycles. The van der Waals surface area contributed by atoms with E-state index in [9.17, 15) is 19.2 Å². The van der Waals surface area contributed by atoms with Crippen LogP contribution < -0.4 is 10.1 Å². The van der Waals surface area contributed by atoms with Crippen LogP contribution in [0.2, 0.25) is 0 Å². The second-order valence-electron chi connectivity index (χ2n) is 5.70. The molecular weight excluding hydrogens is 352 g/mol. The van der Waals surface area contributed by atoms with E-state index in [-0.39, 0.29) is 30.1 Å². The molecule has 0 unspecified atom stereocenters. The molecule has 8 nitrogen and oxygen atoms in total. The van der Waals surface area contributed by atoms with E-state index >= 15 is 0 Å². The highest BCUT2D eigenvalue weighted by Crippen LogP contribution is 2.23. The van der Waals surface area contributed by atoms with Crippen molar-refractivity contribution in [1.29, 1.82) is 0 Å². The fraction of sp³-hybridized carbons (Fsp3) is 0.158. The van der Waals surface area contributed by atoms with Crippen molar-refractivity contribution in [3.8, 4) is 5.75 Å². The lowest BCUT2D eigenvalue weighted by Gasteiger charge is -2.13. The van der Waals surface area contributed by atoms with Gasteiger partial charge in [0.25, 0.3) is 17.7 Å². The van der Waals surface area contributed by atoms with E-state index in [1.54, 1.807) is 36.4 Å². The number of benzene rings is 2. The first kappa shape index (κ1) is 18.1.